The molecule has 1 aromatic heterocycles. The van der Waals surface area contributed by atoms with Crippen LogP contribution in [0.4, 0.5) is 24.5 Å². The lowest BCUT2D eigenvalue weighted by Crippen LogP contribution is -2.19. The van der Waals surface area contributed by atoms with Crippen molar-refractivity contribution in [1.29, 1.82) is 0 Å². The number of anilines is 2. The lowest BCUT2D eigenvalue weighted by molar-refractivity contribution is -0.274. The predicted molar refractivity (Wildman–Crippen MR) is 110 cm³/mol. The average Bonchev–Trinajstić information content (AvgIpc) is 3.42. The summed E-state index contributed by atoms with van der Waals surface area (Å²) in [6.45, 7) is 1.95. The van der Waals surface area contributed by atoms with Crippen molar-refractivity contribution in [3.05, 3.63) is 59.7 Å². The summed E-state index contributed by atoms with van der Waals surface area (Å²) in [5.74, 6) is -0.693. The van der Waals surface area contributed by atoms with Gasteiger partial charge in [0, 0.05) is 41.8 Å². The van der Waals surface area contributed by atoms with E-state index < -0.39 is 6.36 Å². The van der Waals surface area contributed by atoms with Gasteiger partial charge in [0.2, 0.25) is 0 Å². The number of hydrogen-bond acceptors (Lipinski definition) is 5. The third kappa shape index (κ3) is 4.73. The van der Waals surface area contributed by atoms with Crippen LogP contribution >= 0.6 is 11.3 Å². The minimum atomic E-state index is -4.76. The molecule has 0 aliphatic carbocycles. The van der Waals surface area contributed by atoms with Gasteiger partial charge in [-0.15, -0.1) is 24.5 Å². The molecule has 2 heterocycles. The Morgan fingerprint density at radius 2 is 1.83 bits per heavy atom. The Morgan fingerprint density at radius 1 is 1.10 bits per heavy atom. The molecule has 1 aliphatic rings. The summed E-state index contributed by atoms with van der Waals surface area (Å²) < 4.78 is 40.7. The van der Waals surface area contributed by atoms with Crippen molar-refractivity contribution < 1.29 is 22.7 Å². The number of carbonyl (C=O) groups is 1. The Morgan fingerprint density at radius 3 is 2.47 bits per heavy atom. The number of nitrogens with one attached hydrogen (secondary N) is 1. The first-order valence-corrected chi connectivity index (χ1v) is 10.2. The molecule has 1 N–H and O–H groups in total. The molecule has 1 saturated heterocycles. The first-order chi connectivity index (χ1) is 14.4. The second kappa shape index (κ2) is 8.35. The van der Waals surface area contributed by atoms with E-state index in [4.69, 9.17) is 0 Å². The Kier molecular flexibility index (Phi) is 5.63. The third-order valence-electron chi connectivity index (χ3n) is 4.75. The Balaban J connectivity index is 1.55. The van der Waals surface area contributed by atoms with E-state index in [1.807, 2.05) is 12.1 Å². The first-order valence-electron chi connectivity index (χ1n) is 9.34. The molecule has 0 spiro atoms. The maximum absolute atomic E-state index is 12.7. The van der Waals surface area contributed by atoms with Gasteiger partial charge in [0.1, 0.15) is 5.75 Å². The second-order valence-corrected chi connectivity index (χ2v) is 7.70. The molecule has 1 amide bonds. The predicted octanol–water partition coefficient (Wildman–Crippen LogP) is 5.56. The lowest BCUT2D eigenvalue weighted by Gasteiger charge is -2.21. The van der Waals surface area contributed by atoms with Gasteiger partial charge in [-0.05, 0) is 55.3 Å². The molecule has 0 saturated carbocycles. The van der Waals surface area contributed by atoms with Crippen molar-refractivity contribution in [2.24, 2.45) is 0 Å². The molecule has 0 unspecified atom stereocenters. The number of aromatic nitrogens is 1. The van der Waals surface area contributed by atoms with Crippen LogP contribution in [-0.4, -0.2) is 30.3 Å². The number of rotatable bonds is 5. The van der Waals surface area contributed by atoms with Gasteiger partial charge >= 0.3 is 6.36 Å². The molecule has 3 aromatic rings. The third-order valence-corrected chi connectivity index (χ3v) is 5.56. The molecule has 0 bridgehead atoms. The molecule has 1 aliphatic heterocycles. The van der Waals surface area contributed by atoms with Crippen LogP contribution in [0.5, 0.6) is 5.75 Å². The number of amides is 1. The SMILES string of the molecule is O=C(Nc1ccc(OC(F)(F)F)cc1)c1ccc(N2CCCC2)c(-c2cncs2)c1. The van der Waals surface area contributed by atoms with Gasteiger partial charge in [-0.2, -0.15) is 0 Å². The number of benzene rings is 2. The van der Waals surface area contributed by atoms with Gasteiger partial charge in [-0.1, -0.05) is 0 Å². The van der Waals surface area contributed by atoms with E-state index in [-0.39, 0.29) is 11.7 Å². The molecule has 5 nitrogen and oxygen atoms in total. The number of hydrogen-bond donors (Lipinski definition) is 1. The van der Waals surface area contributed by atoms with Gasteiger partial charge in [-0.25, -0.2) is 0 Å². The zero-order valence-corrected chi connectivity index (χ0v) is 16.6. The standard InChI is InChI=1S/C21H18F3N3O2S/c22-21(23,24)29-16-6-4-15(5-7-16)26-20(28)14-3-8-18(27-9-1-2-10-27)17(11-14)19-12-25-13-30-19/h3-8,11-13H,1-2,9-10H2,(H,26,28). The topological polar surface area (TPSA) is 54.5 Å². The summed E-state index contributed by atoms with van der Waals surface area (Å²) in [4.78, 5) is 20.2. The van der Waals surface area contributed by atoms with Crippen LogP contribution in [0.2, 0.25) is 0 Å². The van der Waals surface area contributed by atoms with E-state index in [0.717, 1.165) is 54.2 Å². The summed E-state index contributed by atoms with van der Waals surface area (Å²) >= 11 is 1.50. The minimum absolute atomic E-state index is 0.344. The monoisotopic (exact) mass is 433 g/mol. The van der Waals surface area contributed by atoms with Crippen molar-refractivity contribution in [1.82, 2.24) is 4.98 Å². The molecule has 9 heteroatoms. The van der Waals surface area contributed by atoms with Gasteiger partial charge in [-0.3, -0.25) is 9.78 Å². The number of halogens is 3. The fourth-order valence-electron chi connectivity index (χ4n) is 3.40. The smallest absolute Gasteiger partial charge is 0.406 e. The van der Waals surface area contributed by atoms with Crippen molar-refractivity contribution in [3.63, 3.8) is 0 Å². The normalized spacial score (nSPS) is 14.0. The second-order valence-electron chi connectivity index (χ2n) is 6.82. The van der Waals surface area contributed by atoms with Crippen LogP contribution in [0.15, 0.2) is 54.2 Å². The average molecular weight is 433 g/mol. The summed E-state index contributed by atoms with van der Waals surface area (Å²) in [5, 5.41) is 2.71. The first kappa shape index (κ1) is 20.2. The summed E-state index contributed by atoms with van der Waals surface area (Å²) in [5.41, 5.74) is 4.60. The zero-order chi connectivity index (χ0) is 21.1. The molecule has 0 radical (unpaired) electrons. The molecule has 0 atom stereocenters. The molecule has 4 rings (SSSR count). The van der Waals surface area contributed by atoms with E-state index in [2.05, 4.69) is 19.9 Å². The molecular formula is C21H18F3N3O2S. The lowest BCUT2D eigenvalue weighted by atomic mass is 10.1. The highest BCUT2D eigenvalue weighted by atomic mass is 32.1. The van der Waals surface area contributed by atoms with E-state index in [1.54, 1.807) is 17.8 Å². The summed E-state index contributed by atoms with van der Waals surface area (Å²) in [6, 6.07) is 10.6. The number of carbonyl (C=O) groups excluding carboxylic acids is 1. The number of nitrogens with zero attached hydrogens (tertiary/aromatic N) is 2. The van der Waals surface area contributed by atoms with Crippen LogP contribution in [-0.2, 0) is 0 Å². The van der Waals surface area contributed by atoms with Gasteiger partial charge in [0.15, 0.2) is 0 Å². The van der Waals surface area contributed by atoms with Gasteiger partial charge in [0.25, 0.3) is 5.91 Å². The highest BCUT2D eigenvalue weighted by Gasteiger charge is 2.31. The maximum Gasteiger partial charge on any atom is 0.573 e. The highest BCUT2D eigenvalue weighted by molar-refractivity contribution is 7.13. The van der Waals surface area contributed by atoms with Crippen LogP contribution < -0.4 is 15.0 Å². The van der Waals surface area contributed by atoms with E-state index >= 15 is 0 Å². The minimum Gasteiger partial charge on any atom is -0.406 e. The Labute approximate surface area is 175 Å². The fraction of sp³-hybridized carbons (Fsp3) is 0.238. The van der Waals surface area contributed by atoms with Crippen LogP contribution in [0.3, 0.4) is 0 Å². The number of ether oxygens (including phenoxy) is 1. The van der Waals surface area contributed by atoms with E-state index in [9.17, 15) is 18.0 Å². The van der Waals surface area contributed by atoms with Gasteiger partial charge < -0.3 is 15.0 Å². The zero-order valence-electron chi connectivity index (χ0n) is 15.8. The van der Waals surface area contributed by atoms with E-state index in [0.29, 0.717) is 11.3 Å². The number of thiazole rings is 1. The summed E-state index contributed by atoms with van der Waals surface area (Å²) in [7, 11) is 0. The van der Waals surface area contributed by atoms with Crippen LogP contribution in [0.25, 0.3) is 10.4 Å². The van der Waals surface area contributed by atoms with Crippen molar-refractivity contribution in [2.75, 3.05) is 23.3 Å². The quantitative estimate of drug-likeness (QED) is 0.572. The Hall–Kier alpha value is -3.07. The molecule has 1 fully saturated rings. The molecule has 156 valence electrons. The Bertz CT molecular complexity index is 1010. The van der Waals surface area contributed by atoms with Crippen molar-refractivity contribution in [2.45, 2.75) is 19.2 Å². The molecule has 2 aromatic carbocycles. The summed E-state index contributed by atoms with van der Waals surface area (Å²) in [6.07, 6.45) is -0.702. The number of alkyl halides is 3. The van der Waals surface area contributed by atoms with Crippen LogP contribution in [0.1, 0.15) is 23.2 Å². The molecular weight excluding hydrogens is 415 g/mol. The van der Waals surface area contributed by atoms with Crippen LogP contribution in [0, 0.1) is 0 Å². The van der Waals surface area contributed by atoms with Gasteiger partial charge in [0.05, 0.1) is 10.4 Å². The van der Waals surface area contributed by atoms with Crippen molar-refractivity contribution in [3.8, 4) is 16.2 Å². The largest absolute Gasteiger partial charge is 0.573 e. The maximum atomic E-state index is 12.7. The highest BCUT2D eigenvalue weighted by Crippen LogP contribution is 2.36. The fourth-order valence-corrected chi connectivity index (χ4v) is 4.05. The molecule has 30 heavy (non-hydrogen) atoms. The van der Waals surface area contributed by atoms with Crippen molar-refractivity contribution >= 4 is 28.6 Å². The van der Waals surface area contributed by atoms with E-state index in [1.165, 1.54) is 23.5 Å².